The average molecular weight is 252 g/mol. The lowest BCUT2D eigenvalue weighted by molar-refractivity contribution is 0.0962. The fourth-order valence-corrected chi connectivity index (χ4v) is 1.43. The van der Waals surface area contributed by atoms with Crippen LogP contribution in [0.15, 0.2) is 15.3 Å². The van der Waals surface area contributed by atoms with E-state index in [1.54, 1.807) is 13.8 Å². The largest absolute Gasteiger partial charge is 0.438 e. The molecule has 0 aliphatic carbocycles. The predicted molar refractivity (Wildman–Crippen MR) is 62.6 cm³/mol. The average Bonchev–Trinajstić information content (AvgIpc) is 2.94. The van der Waals surface area contributed by atoms with Crippen molar-refractivity contribution in [3.63, 3.8) is 0 Å². The number of rotatable bonds is 5. The maximum atomic E-state index is 6.07. The van der Waals surface area contributed by atoms with Gasteiger partial charge in [-0.3, -0.25) is 0 Å². The number of hydrogen-bond acceptors (Lipinski definition) is 7. The van der Waals surface area contributed by atoms with E-state index in [2.05, 4.69) is 15.1 Å². The topological polar surface area (TPSA) is 100 Å². The van der Waals surface area contributed by atoms with Gasteiger partial charge in [-0.15, -0.1) is 0 Å². The molecule has 1 atom stereocenters. The smallest absolute Gasteiger partial charge is 0.295 e. The molecular formula is C11H16N4O3. The molecule has 0 saturated heterocycles. The van der Waals surface area contributed by atoms with Crippen LogP contribution >= 0.6 is 0 Å². The summed E-state index contributed by atoms with van der Waals surface area (Å²) in [5.74, 6) is 1.11. The highest BCUT2D eigenvalue weighted by molar-refractivity contribution is 5.46. The number of ether oxygens (including phenoxy) is 1. The zero-order valence-corrected chi connectivity index (χ0v) is 10.6. The summed E-state index contributed by atoms with van der Waals surface area (Å²) in [5.41, 5.74) is 5.96. The van der Waals surface area contributed by atoms with Crippen LogP contribution in [0.25, 0.3) is 11.7 Å². The van der Waals surface area contributed by atoms with Crippen LogP contribution in [-0.4, -0.2) is 28.3 Å². The number of hydrogen-bond donors (Lipinski definition) is 1. The van der Waals surface area contributed by atoms with Gasteiger partial charge in [0.15, 0.2) is 12.2 Å². The Balaban J connectivity index is 2.23. The SMILES string of the molecule is CCOCC(C)(N)c1noc(-c2ocnc2C)n1. The van der Waals surface area contributed by atoms with Crippen molar-refractivity contribution < 1.29 is 13.7 Å². The second-order valence-electron chi connectivity index (χ2n) is 4.24. The molecule has 2 N–H and O–H groups in total. The molecule has 0 bridgehead atoms. The van der Waals surface area contributed by atoms with Gasteiger partial charge in [-0.1, -0.05) is 5.16 Å². The molecule has 7 heteroatoms. The van der Waals surface area contributed by atoms with Crippen molar-refractivity contribution in [3.05, 3.63) is 17.9 Å². The lowest BCUT2D eigenvalue weighted by atomic mass is 10.1. The van der Waals surface area contributed by atoms with E-state index in [0.717, 1.165) is 0 Å². The van der Waals surface area contributed by atoms with Crippen molar-refractivity contribution in [2.75, 3.05) is 13.2 Å². The van der Waals surface area contributed by atoms with Crippen molar-refractivity contribution >= 4 is 0 Å². The third-order valence-electron chi connectivity index (χ3n) is 2.48. The molecule has 0 aliphatic heterocycles. The van der Waals surface area contributed by atoms with Gasteiger partial charge in [0, 0.05) is 6.61 Å². The van der Waals surface area contributed by atoms with Crippen LogP contribution in [-0.2, 0) is 10.3 Å². The first-order chi connectivity index (χ1) is 8.54. The van der Waals surface area contributed by atoms with Gasteiger partial charge in [0.05, 0.1) is 12.3 Å². The third kappa shape index (κ3) is 2.41. The van der Waals surface area contributed by atoms with Crippen molar-refractivity contribution in [3.8, 4) is 11.7 Å². The molecule has 7 nitrogen and oxygen atoms in total. The number of aryl methyl sites for hydroxylation is 1. The maximum absolute atomic E-state index is 6.07. The Morgan fingerprint density at radius 1 is 1.50 bits per heavy atom. The van der Waals surface area contributed by atoms with Crippen molar-refractivity contribution in [1.82, 2.24) is 15.1 Å². The van der Waals surface area contributed by atoms with E-state index in [1.807, 2.05) is 6.92 Å². The van der Waals surface area contributed by atoms with Crippen molar-refractivity contribution in [1.29, 1.82) is 0 Å². The van der Waals surface area contributed by atoms with E-state index in [4.69, 9.17) is 19.4 Å². The van der Waals surface area contributed by atoms with Crippen molar-refractivity contribution in [2.45, 2.75) is 26.3 Å². The van der Waals surface area contributed by atoms with Crippen LogP contribution in [0.3, 0.4) is 0 Å². The van der Waals surface area contributed by atoms with Crippen LogP contribution in [0.1, 0.15) is 25.4 Å². The molecule has 2 aromatic heterocycles. The summed E-state index contributed by atoms with van der Waals surface area (Å²) in [6.07, 6.45) is 1.33. The lowest BCUT2D eigenvalue weighted by Gasteiger charge is -2.19. The molecule has 2 aromatic rings. The Morgan fingerprint density at radius 3 is 2.89 bits per heavy atom. The normalized spacial score (nSPS) is 14.7. The van der Waals surface area contributed by atoms with Gasteiger partial charge < -0.3 is 19.4 Å². The predicted octanol–water partition coefficient (Wildman–Crippen LogP) is 1.24. The number of nitrogens with two attached hydrogens (primary N) is 1. The molecule has 2 rings (SSSR count). The van der Waals surface area contributed by atoms with E-state index in [-0.39, 0.29) is 5.89 Å². The zero-order chi connectivity index (χ0) is 13.2. The summed E-state index contributed by atoms with van der Waals surface area (Å²) < 4.78 is 15.6. The summed E-state index contributed by atoms with van der Waals surface area (Å²) in [6.45, 7) is 6.38. The summed E-state index contributed by atoms with van der Waals surface area (Å²) in [6, 6.07) is 0. The number of oxazole rings is 1. The Bertz CT molecular complexity index is 518. The van der Waals surface area contributed by atoms with E-state index in [9.17, 15) is 0 Å². The monoisotopic (exact) mass is 252 g/mol. The number of nitrogens with zero attached hydrogens (tertiary/aromatic N) is 3. The van der Waals surface area contributed by atoms with Gasteiger partial charge in [0.25, 0.3) is 5.89 Å². The standard InChI is InChI=1S/C11H16N4O3/c1-4-16-5-11(3,12)10-14-9(18-15-10)8-7(2)13-6-17-8/h6H,4-5,12H2,1-3H3. The van der Waals surface area contributed by atoms with Gasteiger partial charge in [0.1, 0.15) is 5.54 Å². The molecule has 0 radical (unpaired) electrons. The Labute approximate surface area is 104 Å². The van der Waals surface area contributed by atoms with Gasteiger partial charge >= 0.3 is 0 Å². The van der Waals surface area contributed by atoms with E-state index in [0.29, 0.717) is 30.5 Å². The van der Waals surface area contributed by atoms with E-state index < -0.39 is 5.54 Å². The highest BCUT2D eigenvalue weighted by Gasteiger charge is 2.29. The molecule has 98 valence electrons. The maximum Gasteiger partial charge on any atom is 0.295 e. The molecule has 0 amide bonds. The molecule has 0 saturated carbocycles. The van der Waals surface area contributed by atoms with Gasteiger partial charge in [-0.2, -0.15) is 4.98 Å². The quantitative estimate of drug-likeness (QED) is 0.854. The molecule has 0 spiro atoms. The minimum absolute atomic E-state index is 0.271. The van der Waals surface area contributed by atoms with Crippen LogP contribution in [0.5, 0.6) is 0 Å². The second-order valence-corrected chi connectivity index (χ2v) is 4.24. The highest BCUT2D eigenvalue weighted by Crippen LogP contribution is 2.23. The van der Waals surface area contributed by atoms with Crippen LogP contribution in [0.4, 0.5) is 0 Å². The van der Waals surface area contributed by atoms with Gasteiger partial charge in [0.2, 0.25) is 5.76 Å². The molecule has 0 aliphatic rings. The molecule has 1 unspecified atom stereocenters. The second kappa shape index (κ2) is 4.87. The first-order valence-electron chi connectivity index (χ1n) is 5.66. The fraction of sp³-hybridized carbons (Fsp3) is 0.545. The minimum Gasteiger partial charge on any atom is -0.438 e. The molecule has 0 aromatic carbocycles. The number of aromatic nitrogens is 3. The van der Waals surface area contributed by atoms with Crippen LogP contribution in [0, 0.1) is 6.92 Å². The molecule has 2 heterocycles. The molecular weight excluding hydrogens is 236 g/mol. The van der Waals surface area contributed by atoms with Crippen molar-refractivity contribution in [2.24, 2.45) is 5.73 Å². The van der Waals surface area contributed by atoms with E-state index >= 15 is 0 Å². The van der Waals surface area contributed by atoms with Gasteiger partial charge in [-0.25, -0.2) is 4.98 Å². The summed E-state index contributed by atoms with van der Waals surface area (Å²) in [7, 11) is 0. The highest BCUT2D eigenvalue weighted by atomic mass is 16.5. The minimum atomic E-state index is -0.800. The van der Waals surface area contributed by atoms with E-state index in [1.165, 1.54) is 6.39 Å². The molecule has 0 fully saturated rings. The van der Waals surface area contributed by atoms with Crippen LogP contribution < -0.4 is 5.73 Å². The fourth-order valence-electron chi connectivity index (χ4n) is 1.43. The Morgan fingerprint density at radius 2 is 2.28 bits per heavy atom. The van der Waals surface area contributed by atoms with Gasteiger partial charge in [-0.05, 0) is 20.8 Å². The Hall–Kier alpha value is -1.73. The van der Waals surface area contributed by atoms with Crippen LogP contribution in [0.2, 0.25) is 0 Å². The Kier molecular flexibility index (Phi) is 3.44. The summed E-state index contributed by atoms with van der Waals surface area (Å²) in [5, 5.41) is 3.86. The first kappa shape index (κ1) is 12.7. The molecule has 18 heavy (non-hydrogen) atoms. The summed E-state index contributed by atoms with van der Waals surface area (Å²) >= 11 is 0. The lowest BCUT2D eigenvalue weighted by Crippen LogP contribution is -2.39. The zero-order valence-electron chi connectivity index (χ0n) is 10.6. The third-order valence-corrected chi connectivity index (χ3v) is 2.48. The summed E-state index contributed by atoms with van der Waals surface area (Å²) in [4.78, 5) is 8.19. The first-order valence-corrected chi connectivity index (χ1v) is 5.66.